The van der Waals surface area contributed by atoms with Gasteiger partial charge in [0, 0.05) is 5.33 Å². The number of rotatable bonds is 6. The Morgan fingerprint density at radius 2 is 1.69 bits per heavy atom. The van der Waals surface area contributed by atoms with E-state index in [4.69, 9.17) is 0 Å². The molecule has 1 aromatic carbocycles. The molecule has 0 saturated heterocycles. The molecule has 0 aliphatic rings. The van der Waals surface area contributed by atoms with Crippen LogP contribution in [0.5, 0.6) is 0 Å². The third-order valence-corrected chi connectivity index (χ3v) is 4.08. The number of hydrogen-bond donors (Lipinski definition) is 0. The van der Waals surface area contributed by atoms with E-state index in [1.165, 1.54) is 24.8 Å². The summed E-state index contributed by atoms with van der Waals surface area (Å²) < 4.78 is 12.8. The maximum absolute atomic E-state index is 12.8. The Kier molecular flexibility index (Phi) is 6.04. The Balaban J connectivity index is 2.70. The van der Waals surface area contributed by atoms with Crippen molar-refractivity contribution in [3.05, 3.63) is 35.6 Å². The van der Waals surface area contributed by atoms with Gasteiger partial charge in [-0.15, -0.1) is 0 Å². The molecule has 2 heteroatoms. The van der Waals surface area contributed by atoms with E-state index in [0.717, 1.165) is 11.2 Å². The van der Waals surface area contributed by atoms with Crippen molar-refractivity contribution in [2.24, 2.45) is 5.92 Å². The summed E-state index contributed by atoms with van der Waals surface area (Å²) in [6.07, 6.45) is 3.63. The van der Waals surface area contributed by atoms with Crippen molar-refractivity contribution in [3.63, 3.8) is 0 Å². The number of alkyl halides is 1. The quantitative estimate of drug-likeness (QED) is 0.636. The second-order valence-corrected chi connectivity index (χ2v) is 4.97. The SMILES string of the molecule is CCC(CC)CC(CBr)c1ccc(F)cc1. The zero-order valence-electron chi connectivity index (χ0n) is 10.0. The van der Waals surface area contributed by atoms with Gasteiger partial charge in [-0.3, -0.25) is 0 Å². The van der Waals surface area contributed by atoms with Crippen molar-refractivity contribution in [1.29, 1.82) is 0 Å². The molecule has 90 valence electrons. The van der Waals surface area contributed by atoms with Gasteiger partial charge in [0.1, 0.15) is 5.82 Å². The van der Waals surface area contributed by atoms with Crippen LogP contribution in [0.4, 0.5) is 4.39 Å². The van der Waals surface area contributed by atoms with Gasteiger partial charge in [-0.2, -0.15) is 0 Å². The smallest absolute Gasteiger partial charge is 0.123 e. The van der Waals surface area contributed by atoms with E-state index in [1.54, 1.807) is 12.1 Å². The first-order valence-corrected chi connectivity index (χ1v) is 7.14. The summed E-state index contributed by atoms with van der Waals surface area (Å²) in [6.45, 7) is 4.48. The van der Waals surface area contributed by atoms with Gasteiger partial charge in [0.2, 0.25) is 0 Å². The molecule has 0 aliphatic heterocycles. The fourth-order valence-electron chi connectivity index (χ4n) is 2.05. The first kappa shape index (κ1) is 13.7. The molecule has 0 spiro atoms. The third kappa shape index (κ3) is 3.89. The average molecular weight is 287 g/mol. The van der Waals surface area contributed by atoms with Gasteiger partial charge in [-0.1, -0.05) is 54.8 Å². The van der Waals surface area contributed by atoms with Crippen LogP contribution in [-0.4, -0.2) is 5.33 Å². The molecule has 0 radical (unpaired) electrons. The van der Waals surface area contributed by atoms with E-state index >= 15 is 0 Å². The van der Waals surface area contributed by atoms with E-state index in [-0.39, 0.29) is 5.82 Å². The summed E-state index contributed by atoms with van der Waals surface area (Å²) in [7, 11) is 0. The van der Waals surface area contributed by atoms with Crippen LogP contribution in [0.2, 0.25) is 0 Å². The second-order valence-electron chi connectivity index (χ2n) is 4.32. The normalized spacial score (nSPS) is 13.1. The predicted molar refractivity (Wildman–Crippen MR) is 71.6 cm³/mol. The molecule has 0 nitrogen and oxygen atoms in total. The van der Waals surface area contributed by atoms with Crippen molar-refractivity contribution >= 4 is 15.9 Å². The lowest BCUT2D eigenvalue weighted by molar-refractivity contribution is 0.425. The van der Waals surface area contributed by atoms with Crippen LogP contribution in [0.15, 0.2) is 24.3 Å². The summed E-state index contributed by atoms with van der Waals surface area (Å²) in [5.74, 6) is 1.12. The molecular weight excluding hydrogens is 267 g/mol. The Labute approximate surface area is 106 Å². The minimum absolute atomic E-state index is 0.153. The highest BCUT2D eigenvalue weighted by Crippen LogP contribution is 2.28. The molecule has 16 heavy (non-hydrogen) atoms. The number of benzene rings is 1. The monoisotopic (exact) mass is 286 g/mol. The van der Waals surface area contributed by atoms with E-state index < -0.39 is 0 Å². The van der Waals surface area contributed by atoms with Crippen molar-refractivity contribution in [1.82, 2.24) is 0 Å². The molecule has 0 heterocycles. The van der Waals surface area contributed by atoms with Crippen molar-refractivity contribution < 1.29 is 4.39 Å². The van der Waals surface area contributed by atoms with Gasteiger partial charge in [0.05, 0.1) is 0 Å². The Hall–Kier alpha value is -0.370. The third-order valence-electron chi connectivity index (χ3n) is 3.30. The van der Waals surface area contributed by atoms with E-state index in [1.807, 2.05) is 12.1 Å². The minimum Gasteiger partial charge on any atom is -0.207 e. The van der Waals surface area contributed by atoms with Gasteiger partial charge in [-0.05, 0) is 36.0 Å². The topological polar surface area (TPSA) is 0 Å². The van der Waals surface area contributed by atoms with Crippen molar-refractivity contribution in [2.45, 2.75) is 39.0 Å². The van der Waals surface area contributed by atoms with Gasteiger partial charge < -0.3 is 0 Å². The van der Waals surface area contributed by atoms with E-state index in [0.29, 0.717) is 5.92 Å². The second kappa shape index (κ2) is 7.05. The molecule has 1 unspecified atom stereocenters. The Bertz CT molecular complexity index is 290. The van der Waals surface area contributed by atoms with Crippen LogP contribution in [0.25, 0.3) is 0 Å². The number of hydrogen-bond acceptors (Lipinski definition) is 0. The van der Waals surface area contributed by atoms with Crippen LogP contribution in [0, 0.1) is 11.7 Å². The van der Waals surface area contributed by atoms with Crippen molar-refractivity contribution in [3.8, 4) is 0 Å². The summed E-state index contributed by atoms with van der Waals surface area (Å²) in [5, 5.41) is 0.954. The standard InChI is InChI=1S/C14H20BrF/c1-3-11(4-2)9-13(10-15)12-5-7-14(16)8-6-12/h5-8,11,13H,3-4,9-10H2,1-2H3. The molecule has 0 fully saturated rings. The first-order chi connectivity index (χ1) is 7.71. The highest BCUT2D eigenvalue weighted by Gasteiger charge is 2.15. The fourth-order valence-corrected chi connectivity index (χ4v) is 2.69. The molecule has 0 bridgehead atoms. The van der Waals surface area contributed by atoms with Gasteiger partial charge in [0.25, 0.3) is 0 Å². The molecule has 1 aromatic rings. The lowest BCUT2D eigenvalue weighted by Crippen LogP contribution is -2.08. The summed E-state index contributed by atoms with van der Waals surface area (Å²) in [6, 6.07) is 6.92. The zero-order valence-corrected chi connectivity index (χ0v) is 11.6. The Morgan fingerprint density at radius 1 is 1.12 bits per heavy atom. The largest absolute Gasteiger partial charge is 0.207 e. The lowest BCUT2D eigenvalue weighted by atomic mass is 9.87. The average Bonchev–Trinajstić information content (AvgIpc) is 2.32. The van der Waals surface area contributed by atoms with Crippen molar-refractivity contribution in [2.75, 3.05) is 5.33 Å². The number of halogens is 2. The Morgan fingerprint density at radius 3 is 2.12 bits per heavy atom. The van der Waals surface area contributed by atoms with Crippen LogP contribution in [0.3, 0.4) is 0 Å². The van der Waals surface area contributed by atoms with Crippen LogP contribution in [0.1, 0.15) is 44.6 Å². The zero-order chi connectivity index (χ0) is 12.0. The van der Waals surface area contributed by atoms with E-state index in [2.05, 4.69) is 29.8 Å². The van der Waals surface area contributed by atoms with Gasteiger partial charge in [0.15, 0.2) is 0 Å². The molecule has 0 aromatic heterocycles. The molecule has 0 amide bonds. The molecule has 1 atom stereocenters. The van der Waals surface area contributed by atoms with Gasteiger partial charge in [-0.25, -0.2) is 4.39 Å². The molecule has 0 aliphatic carbocycles. The maximum atomic E-state index is 12.8. The summed E-state index contributed by atoms with van der Waals surface area (Å²) >= 11 is 3.56. The van der Waals surface area contributed by atoms with Crippen LogP contribution < -0.4 is 0 Å². The van der Waals surface area contributed by atoms with Crippen LogP contribution >= 0.6 is 15.9 Å². The maximum Gasteiger partial charge on any atom is 0.123 e. The molecule has 0 N–H and O–H groups in total. The summed E-state index contributed by atoms with van der Waals surface area (Å²) in [4.78, 5) is 0. The molecule has 0 saturated carbocycles. The minimum atomic E-state index is -0.153. The fraction of sp³-hybridized carbons (Fsp3) is 0.571. The van der Waals surface area contributed by atoms with Gasteiger partial charge >= 0.3 is 0 Å². The van der Waals surface area contributed by atoms with Crippen LogP contribution in [-0.2, 0) is 0 Å². The molecule has 1 rings (SSSR count). The first-order valence-electron chi connectivity index (χ1n) is 6.02. The van der Waals surface area contributed by atoms with E-state index in [9.17, 15) is 4.39 Å². The predicted octanol–water partition coefficient (Wildman–Crippen LogP) is 5.13. The highest BCUT2D eigenvalue weighted by molar-refractivity contribution is 9.09. The lowest BCUT2D eigenvalue weighted by Gasteiger charge is -2.20. The highest BCUT2D eigenvalue weighted by atomic mass is 79.9. The molecular formula is C14H20BrF. The summed E-state index contributed by atoms with van der Waals surface area (Å²) in [5.41, 5.74) is 1.24.